The highest BCUT2D eigenvalue weighted by atomic mass is 19.1. The lowest BCUT2D eigenvalue weighted by Gasteiger charge is -1.97. The summed E-state index contributed by atoms with van der Waals surface area (Å²) in [6, 6.07) is 8.26. The molecule has 0 aliphatic rings. The normalized spacial score (nSPS) is 11.5. The summed E-state index contributed by atoms with van der Waals surface area (Å²) >= 11 is 0. The van der Waals surface area contributed by atoms with Gasteiger partial charge in [0, 0.05) is 0 Å². The van der Waals surface area contributed by atoms with Gasteiger partial charge in [-0.05, 0) is 11.5 Å². The summed E-state index contributed by atoms with van der Waals surface area (Å²) in [5.74, 6) is 1.78. The zero-order valence-electron chi connectivity index (χ0n) is 5.72. The minimum absolute atomic E-state index is 0.387. The van der Waals surface area contributed by atoms with Crippen molar-refractivity contribution in [3.8, 4) is 12.1 Å². The van der Waals surface area contributed by atoms with Crippen molar-refractivity contribution in [1.82, 2.24) is 0 Å². The second kappa shape index (κ2) is 3.72. The minimum atomic E-state index is -1.51. The highest BCUT2D eigenvalue weighted by molar-refractivity contribution is 5.23. The zero-order valence-corrected chi connectivity index (χ0v) is 5.72. The van der Waals surface area contributed by atoms with Crippen molar-refractivity contribution in [2.24, 2.45) is 0 Å². The van der Waals surface area contributed by atoms with Crippen LogP contribution < -0.4 is 0 Å². The molecule has 1 unspecified atom stereocenters. The Morgan fingerprint density at radius 3 is 2.36 bits per heavy atom. The first-order valence-electron chi connectivity index (χ1n) is 3.15. The summed E-state index contributed by atoms with van der Waals surface area (Å²) in [6.07, 6.45) is -0.472. The van der Waals surface area contributed by atoms with Gasteiger partial charge in [0.25, 0.3) is 0 Å². The van der Waals surface area contributed by atoms with Crippen molar-refractivity contribution in [1.29, 1.82) is 0 Å². The lowest BCUT2D eigenvalue weighted by molar-refractivity contribution is 0.426. The first-order chi connectivity index (χ1) is 5.34. The Hall–Kier alpha value is -1.36. The van der Waals surface area contributed by atoms with E-state index in [1.165, 1.54) is 0 Å². The van der Waals surface area contributed by atoms with Crippen LogP contribution in [0.2, 0.25) is 0 Å². The number of hydrogen-bond acceptors (Lipinski definition) is 0. The quantitative estimate of drug-likeness (QED) is 0.542. The van der Waals surface area contributed by atoms with Gasteiger partial charge in [-0.2, -0.15) is 0 Å². The molecule has 1 aromatic carbocycles. The fourth-order valence-corrected chi connectivity index (χ4v) is 0.753. The predicted molar refractivity (Wildman–Crippen MR) is 39.2 cm³/mol. The van der Waals surface area contributed by atoms with E-state index in [0.29, 0.717) is 5.56 Å². The summed E-state index contributed by atoms with van der Waals surface area (Å²) in [5.41, 5.74) is 0.387. The summed E-state index contributed by atoms with van der Waals surface area (Å²) in [4.78, 5) is 0. The van der Waals surface area contributed by atoms with E-state index >= 15 is 0 Å². The molecule has 1 aromatic rings. The molecular formula is C9H6F2. The molecule has 1 rings (SSSR count). The van der Waals surface area contributed by atoms with E-state index in [0.717, 1.165) is 6.17 Å². The molecule has 2 heteroatoms. The van der Waals surface area contributed by atoms with Crippen LogP contribution in [0.25, 0.3) is 0 Å². The van der Waals surface area contributed by atoms with Gasteiger partial charge in [-0.15, -0.1) is 4.39 Å². The van der Waals surface area contributed by atoms with Crippen LogP contribution in [0.5, 0.6) is 0 Å². The fraction of sp³-hybridized carbons (Fsp3) is 0.111. The van der Waals surface area contributed by atoms with Crippen molar-refractivity contribution in [2.45, 2.75) is 6.17 Å². The van der Waals surface area contributed by atoms with Crippen LogP contribution in [0.4, 0.5) is 8.78 Å². The Morgan fingerprint density at radius 2 is 1.82 bits per heavy atom. The van der Waals surface area contributed by atoms with E-state index in [4.69, 9.17) is 0 Å². The Kier molecular flexibility index (Phi) is 2.62. The molecule has 0 nitrogen and oxygen atoms in total. The van der Waals surface area contributed by atoms with Gasteiger partial charge in [0.2, 0.25) is 0 Å². The molecule has 0 aromatic heterocycles. The number of rotatable bonds is 1. The van der Waals surface area contributed by atoms with Crippen LogP contribution in [-0.4, -0.2) is 0 Å². The standard InChI is InChI=1S/C9H6F2/c10-7-6-9(11)8-4-2-1-3-5-8/h1-5,9H. The van der Waals surface area contributed by atoms with Crippen LogP contribution in [0, 0.1) is 12.1 Å². The number of benzene rings is 1. The third-order valence-electron chi connectivity index (χ3n) is 1.27. The van der Waals surface area contributed by atoms with Crippen LogP contribution in [0.15, 0.2) is 30.3 Å². The summed E-state index contributed by atoms with van der Waals surface area (Å²) in [5, 5.41) is 0. The number of hydrogen-bond donors (Lipinski definition) is 0. The van der Waals surface area contributed by atoms with Crippen molar-refractivity contribution < 1.29 is 8.78 Å². The molecule has 0 fully saturated rings. The van der Waals surface area contributed by atoms with Gasteiger partial charge in [0.15, 0.2) is 6.17 Å². The molecular weight excluding hydrogens is 146 g/mol. The van der Waals surface area contributed by atoms with E-state index in [1.54, 1.807) is 36.3 Å². The van der Waals surface area contributed by atoms with E-state index in [2.05, 4.69) is 0 Å². The molecule has 0 bridgehead atoms. The van der Waals surface area contributed by atoms with Gasteiger partial charge in [-0.1, -0.05) is 30.3 Å². The van der Waals surface area contributed by atoms with Gasteiger partial charge in [0.1, 0.15) is 6.17 Å². The molecule has 0 spiro atoms. The van der Waals surface area contributed by atoms with E-state index in [-0.39, 0.29) is 0 Å². The molecule has 0 radical (unpaired) electrons. The first kappa shape index (κ1) is 7.74. The van der Waals surface area contributed by atoms with Crippen LogP contribution >= 0.6 is 0 Å². The molecule has 0 aliphatic heterocycles. The molecule has 0 aliphatic carbocycles. The summed E-state index contributed by atoms with van der Waals surface area (Å²) in [6.45, 7) is 0. The molecule has 56 valence electrons. The second-order valence-electron chi connectivity index (χ2n) is 2.01. The second-order valence-corrected chi connectivity index (χ2v) is 2.01. The SMILES string of the molecule is FC#CC(F)c1ccccc1. The largest absolute Gasteiger partial charge is 0.228 e. The number of alkyl halides is 1. The lowest BCUT2D eigenvalue weighted by atomic mass is 10.1. The maximum Gasteiger partial charge on any atom is 0.188 e. The minimum Gasteiger partial charge on any atom is -0.228 e. The average Bonchev–Trinajstić information content (AvgIpc) is 2.07. The van der Waals surface area contributed by atoms with Crippen molar-refractivity contribution in [2.75, 3.05) is 0 Å². The van der Waals surface area contributed by atoms with E-state index in [9.17, 15) is 8.78 Å². The molecule has 11 heavy (non-hydrogen) atoms. The highest BCUT2D eigenvalue weighted by Crippen LogP contribution is 2.14. The zero-order chi connectivity index (χ0) is 8.10. The van der Waals surface area contributed by atoms with Crippen LogP contribution in [-0.2, 0) is 0 Å². The Bertz CT molecular complexity index is 269. The first-order valence-corrected chi connectivity index (χ1v) is 3.15. The van der Waals surface area contributed by atoms with Crippen LogP contribution in [0.3, 0.4) is 0 Å². The fourth-order valence-electron chi connectivity index (χ4n) is 0.753. The molecule has 0 saturated carbocycles. The molecule has 0 heterocycles. The van der Waals surface area contributed by atoms with Gasteiger partial charge in [-0.3, -0.25) is 0 Å². The molecule has 0 N–H and O–H groups in total. The maximum atomic E-state index is 12.7. The van der Waals surface area contributed by atoms with Gasteiger partial charge >= 0.3 is 0 Å². The third-order valence-corrected chi connectivity index (χ3v) is 1.27. The lowest BCUT2D eigenvalue weighted by Crippen LogP contribution is -1.85. The molecule has 0 saturated heterocycles. The Labute approximate surface area is 63.9 Å². The topological polar surface area (TPSA) is 0 Å². The monoisotopic (exact) mass is 152 g/mol. The smallest absolute Gasteiger partial charge is 0.188 e. The van der Waals surface area contributed by atoms with E-state index < -0.39 is 6.17 Å². The maximum absolute atomic E-state index is 12.7. The number of halogens is 2. The molecule has 1 atom stereocenters. The Balaban J connectivity index is 2.82. The summed E-state index contributed by atoms with van der Waals surface area (Å²) in [7, 11) is 0. The third kappa shape index (κ3) is 2.05. The van der Waals surface area contributed by atoms with E-state index in [1.807, 2.05) is 0 Å². The van der Waals surface area contributed by atoms with Gasteiger partial charge < -0.3 is 0 Å². The van der Waals surface area contributed by atoms with Crippen molar-refractivity contribution >= 4 is 0 Å². The summed E-state index contributed by atoms with van der Waals surface area (Å²) < 4.78 is 24.0. The van der Waals surface area contributed by atoms with Crippen molar-refractivity contribution in [3.05, 3.63) is 35.9 Å². The van der Waals surface area contributed by atoms with Crippen molar-refractivity contribution in [3.63, 3.8) is 0 Å². The van der Waals surface area contributed by atoms with Gasteiger partial charge in [0.05, 0.1) is 0 Å². The highest BCUT2D eigenvalue weighted by Gasteiger charge is 2.02. The average molecular weight is 152 g/mol. The van der Waals surface area contributed by atoms with Gasteiger partial charge in [-0.25, -0.2) is 4.39 Å². The van der Waals surface area contributed by atoms with Crippen LogP contribution in [0.1, 0.15) is 11.7 Å². The molecule has 0 amide bonds. The predicted octanol–water partition coefficient (Wildman–Crippen LogP) is 2.63. The Morgan fingerprint density at radius 1 is 1.18 bits per heavy atom.